The summed E-state index contributed by atoms with van der Waals surface area (Å²) in [4.78, 5) is 0. The minimum atomic E-state index is -1.58. The van der Waals surface area contributed by atoms with Crippen LogP contribution in [0.5, 0.6) is 0 Å². The van der Waals surface area contributed by atoms with Gasteiger partial charge in [-0.3, -0.25) is 0 Å². The highest BCUT2D eigenvalue weighted by atomic mass is 16.7. The Morgan fingerprint density at radius 1 is 0.367 bits per heavy atom. The highest BCUT2D eigenvalue weighted by molar-refractivity contribution is 4.90. The largest absolute Gasteiger partial charge is 0.394 e. The third kappa shape index (κ3) is 23.3. The van der Waals surface area contributed by atoms with E-state index in [4.69, 9.17) is 37.9 Å². The summed E-state index contributed by atoms with van der Waals surface area (Å²) in [5.74, 6) is 0. The molecule has 0 radical (unpaired) electrons. The van der Waals surface area contributed by atoms with E-state index in [0.717, 1.165) is 38.5 Å². The molecular formula is C44H86O16. The van der Waals surface area contributed by atoms with Crippen molar-refractivity contribution in [1.82, 2.24) is 0 Å². The summed E-state index contributed by atoms with van der Waals surface area (Å²) in [6.45, 7) is 4.80. The van der Waals surface area contributed by atoms with E-state index in [1.54, 1.807) is 0 Å². The van der Waals surface area contributed by atoms with Crippen molar-refractivity contribution in [3.8, 4) is 0 Å². The lowest BCUT2D eigenvalue weighted by atomic mass is 9.99. The monoisotopic (exact) mass is 871 g/mol. The van der Waals surface area contributed by atoms with Gasteiger partial charge in [-0.1, -0.05) is 129 Å². The molecule has 0 amide bonds. The van der Waals surface area contributed by atoms with Crippen LogP contribution < -0.4 is 0 Å². The van der Waals surface area contributed by atoms with Crippen LogP contribution in [0.15, 0.2) is 0 Å². The summed E-state index contributed by atoms with van der Waals surface area (Å²) in [7, 11) is 0. The third-order valence-corrected chi connectivity index (χ3v) is 11.2. The minimum Gasteiger partial charge on any atom is -0.394 e. The van der Waals surface area contributed by atoms with E-state index in [1.165, 1.54) is 89.9 Å². The molecule has 16 heteroatoms. The van der Waals surface area contributed by atoms with Gasteiger partial charge < -0.3 is 78.7 Å². The molecule has 0 aromatic heterocycles. The van der Waals surface area contributed by atoms with Crippen LogP contribution in [0.3, 0.4) is 0 Å². The van der Waals surface area contributed by atoms with Crippen molar-refractivity contribution in [2.45, 2.75) is 216 Å². The van der Waals surface area contributed by atoms with Crippen molar-refractivity contribution in [3.05, 3.63) is 0 Å². The van der Waals surface area contributed by atoms with Gasteiger partial charge in [0.2, 0.25) is 0 Å². The van der Waals surface area contributed by atoms with E-state index >= 15 is 0 Å². The van der Waals surface area contributed by atoms with Crippen LogP contribution in [0.1, 0.15) is 142 Å². The molecule has 0 spiro atoms. The molecule has 60 heavy (non-hydrogen) atoms. The standard InChI is InChI=1S/C44H86O16/c1-3-5-7-9-11-13-15-17-19-21-23-53-29-33(57-43-41(51)39(49)37(47)35(27-45)59-43)31-55-25-26-56-32-34(58-44-42(52)40(50)38(48)36(28-46)60-44)30-54-24-22-20-18-16-14-12-10-8-6-4-2/h33-52H,3-32H2,1-2H3/t33?,34?,35-,36-,37-,38-,39+,40+,41-,42-,43-,44-/m1/s1. The van der Waals surface area contributed by atoms with Crippen LogP contribution in [-0.4, -0.2) is 181 Å². The average Bonchev–Trinajstić information content (AvgIpc) is 3.25. The van der Waals surface area contributed by atoms with Gasteiger partial charge in [-0.25, -0.2) is 0 Å². The Hall–Kier alpha value is -0.640. The first kappa shape index (κ1) is 55.5. The topological polar surface area (TPSA) is 236 Å². The highest BCUT2D eigenvalue weighted by Crippen LogP contribution is 2.25. The van der Waals surface area contributed by atoms with Gasteiger partial charge in [0, 0.05) is 13.2 Å². The van der Waals surface area contributed by atoms with Gasteiger partial charge in [-0.15, -0.1) is 0 Å². The number of unbranched alkanes of at least 4 members (excludes halogenated alkanes) is 18. The Labute approximate surface area is 360 Å². The van der Waals surface area contributed by atoms with Crippen molar-refractivity contribution >= 4 is 0 Å². The first-order valence-electron chi connectivity index (χ1n) is 23.4. The van der Waals surface area contributed by atoms with E-state index in [1.807, 2.05) is 0 Å². The van der Waals surface area contributed by atoms with Gasteiger partial charge in [0.25, 0.3) is 0 Å². The normalized spacial score (nSPS) is 28.3. The van der Waals surface area contributed by atoms with Gasteiger partial charge in [-0.05, 0) is 12.8 Å². The third-order valence-electron chi connectivity index (χ3n) is 11.2. The molecule has 358 valence electrons. The number of aliphatic hydroxyl groups excluding tert-OH is 8. The molecule has 12 atom stereocenters. The summed E-state index contributed by atoms with van der Waals surface area (Å²) in [5.41, 5.74) is 0. The first-order valence-corrected chi connectivity index (χ1v) is 23.4. The molecule has 16 nitrogen and oxygen atoms in total. The predicted octanol–water partition coefficient (Wildman–Crippen LogP) is 3.26. The Bertz CT molecular complexity index is 891. The van der Waals surface area contributed by atoms with Gasteiger partial charge in [0.15, 0.2) is 12.6 Å². The zero-order valence-electron chi connectivity index (χ0n) is 37.0. The second kappa shape index (κ2) is 35.7. The number of aliphatic hydroxyl groups is 8. The van der Waals surface area contributed by atoms with E-state index in [9.17, 15) is 40.9 Å². The molecule has 2 aliphatic rings. The Morgan fingerprint density at radius 2 is 0.650 bits per heavy atom. The summed E-state index contributed by atoms with van der Waals surface area (Å²) < 4.78 is 46.6. The van der Waals surface area contributed by atoms with Crippen molar-refractivity contribution in [3.63, 3.8) is 0 Å². The van der Waals surface area contributed by atoms with Crippen molar-refractivity contribution in [1.29, 1.82) is 0 Å². The van der Waals surface area contributed by atoms with E-state index in [0.29, 0.717) is 13.2 Å². The molecule has 2 unspecified atom stereocenters. The summed E-state index contributed by atoms with van der Waals surface area (Å²) in [6, 6.07) is 0. The lowest BCUT2D eigenvalue weighted by Crippen LogP contribution is -2.60. The molecule has 0 saturated carbocycles. The van der Waals surface area contributed by atoms with Crippen LogP contribution in [0.4, 0.5) is 0 Å². The van der Waals surface area contributed by atoms with Crippen LogP contribution in [0.25, 0.3) is 0 Å². The molecule has 2 saturated heterocycles. The molecule has 2 rings (SSSR count). The Morgan fingerprint density at radius 3 is 0.950 bits per heavy atom. The van der Waals surface area contributed by atoms with Gasteiger partial charge >= 0.3 is 0 Å². The fourth-order valence-corrected chi connectivity index (χ4v) is 7.35. The summed E-state index contributed by atoms with van der Waals surface area (Å²) in [5, 5.41) is 81.3. The molecule has 2 fully saturated rings. The van der Waals surface area contributed by atoms with E-state index in [-0.39, 0.29) is 39.6 Å². The van der Waals surface area contributed by atoms with Crippen molar-refractivity contribution < 1.29 is 78.7 Å². The van der Waals surface area contributed by atoms with Crippen molar-refractivity contribution in [2.24, 2.45) is 0 Å². The maximum atomic E-state index is 10.6. The lowest BCUT2D eigenvalue weighted by molar-refractivity contribution is -0.317. The SMILES string of the molecule is CCCCCCCCCCCCOCC(COCCOCC(COCCCCCCCCCCCC)O[C@@H]1O[C@H](CO)[C@@H](O)[C@H](O)[C@H]1O)O[C@@H]1O[C@H](CO)[C@@H](O)[C@H](O)[C@H]1O. The Balaban J connectivity index is 1.83. The highest BCUT2D eigenvalue weighted by Gasteiger charge is 2.46. The molecule has 0 bridgehead atoms. The van der Waals surface area contributed by atoms with Gasteiger partial charge in [0.05, 0.1) is 52.9 Å². The maximum Gasteiger partial charge on any atom is 0.187 e. The molecule has 8 N–H and O–H groups in total. The number of hydrogen-bond donors (Lipinski definition) is 8. The maximum absolute atomic E-state index is 10.6. The first-order chi connectivity index (χ1) is 29.2. The Kier molecular flexibility index (Phi) is 33.0. The van der Waals surface area contributed by atoms with Crippen LogP contribution in [0, 0.1) is 0 Å². The molecular weight excluding hydrogens is 784 g/mol. The van der Waals surface area contributed by atoms with Crippen LogP contribution in [0.2, 0.25) is 0 Å². The fraction of sp³-hybridized carbons (Fsp3) is 1.00. The number of ether oxygens (including phenoxy) is 8. The second-order valence-corrected chi connectivity index (χ2v) is 16.6. The minimum absolute atomic E-state index is 0.0170. The predicted molar refractivity (Wildman–Crippen MR) is 224 cm³/mol. The second-order valence-electron chi connectivity index (χ2n) is 16.6. The van der Waals surface area contributed by atoms with Crippen molar-refractivity contribution in [2.75, 3.05) is 66.1 Å². The summed E-state index contributed by atoms with van der Waals surface area (Å²) >= 11 is 0. The molecule has 2 aliphatic heterocycles. The van der Waals surface area contributed by atoms with Gasteiger partial charge in [-0.2, -0.15) is 0 Å². The molecule has 0 aliphatic carbocycles. The van der Waals surface area contributed by atoms with Crippen LogP contribution in [-0.2, 0) is 37.9 Å². The lowest BCUT2D eigenvalue weighted by Gasteiger charge is -2.40. The van der Waals surface area contributed by atoms with Crippen LogP contribution >= 0.6 is 0 Å². The fourth-order valence-electron chi connectivity index (χ4n) is 7.35. The number of hydrogen-bond acceptors (Lipinski definition) is 16. The van der Waals surface area contributed by atoms with Gasteiger partial charge in [0.1, 0.15) is 61.0 Å². The van der Waals surface area contributed by atoms with E-state index in [2.05, 4.69) is 13.8 Å². The molecule has 0 aromatic rings. The van der Waals surface area contributed by atoms with E-state index < -0.39 is 86.8 Å². The number of rotatable bonds is 39. The molecule has 2 heterocycles. The quantitative estimate of drug-likeness (QED) is 0.0414. The smallest absolute Gasteiger partial charge is 0.187 e. The average molecular weight is 871 g/mol. The molecule has 0 aromatic carbocycles. The summed E-state index contributed by atoms with van der Waals surface area (Å²) in [6.07, 6.45) is 8.27. The zero-order chi connectivity index (χ0) is 43.8. The zero-order valence-corrected chi connectivity index (χ0v) is 37.0.